The van der Waals surface area contributed by atoms with Crippen LogP contribution in [0.3, 0.4) is 0 Å². The van der Waals surface area contributed by atoms with Crippen LogP contribution in [0.1, 0.15) is 24.5 Å². The minimum Gasteiger partial charge on any atom is -0.380 e. The van der Waals surface area contributed by atoms with Gasteiger partial charge in [0.25, 0.3) is 0 Å². The fourth-order valence-corrected chi connectivity index (χ4v) is 4.66. The molecule has 2 atom stereocenters. The molecule has 2 rings (SSSR count). The van der Waals surface area contributed by atoms with Crippen molar-refractivity contribution in [3.63, 3.8) is 0 Å². The standard InChI is InChI=1S/C13H20N2O2S/c1-8-4-5-12-13(9(8)2)15-10(3)11(6-7-14)18(12,16)17/h4-5,10-11,15H,6-7,14H2,1-3H3. The van der Waals surface area contributed by atoms with Crippen molar-refractivity contribution < 1.29 is 8.42 Å². The summed E-state index contributed by atoms with van der Waals surface area (Å²) in [6.45, 7) is 6.23. The molecule has 0 spiro atoms. The van der Waals surface area contributed by atoms with Gasteiger partial charge in [-0.25, -0.2) is 8.42 Å². The normalized spacial score (nSPS) is 25.3. The first-order valence-corrected chi connectivity index (χ1v) is 7.75. The fraction of sp³-hybridized carbons (Fsp3) is 0.538. The topological polar surface area (TPSA) is 72.2 Å². The highest BCUT2D eigenvalue weighted by atomic mass is 32.2. The Hall–Kier alpha value is -1.07. The van der Waals surface area contributed by atoms with Crippen LogP contribution in [0.2, 0.25) is 0 Å². The summed E-state index contributed by atoms with van der Waals surface area (Å²) in [5.41, 5.74) is 8.39. The predicted molar refractivity (Wildman–Crippen MR) is 73.6 cm³/mol. The minimum absolute atomic E-state index is 0.105. The molecule has 3 N–H and O–H groups in total. The second kappa shape index (κ2) is 4.55. The zero-order valence-electron chi connectivity index (χ0n) is 11.0. The Morgan fingerprint density at radius 1 is 1.33 bits per heavy atom. The maximum absolute atomic E-state index is 12.6. The molecule has 1 aliphatic rings. The molecule has 18 heavy (non-hydrogen) atoms. The lowest BCUT2D eigenvalue weighted by Gasteiger charge is -2.33. The van der Waals surface area contributed by atoms with Gasteiger partial charge in [0.15, 0.2) is 9.84 Å². The van der Waals surface area contributed by atoms with Gasteiger partial charge in [0.05, 0.1) is 15.8 Å². The Morgan fingerprint density at radius 3 is 2.61 bits per heavy atom. The van der Waals surface area contributed by atoms with E-state index in [9.17, 15) is 8.42 Å². The highest BCUT2D eigenvalue weighted by Gasteiger charge is 2.38. The van der Waals surface area contributed by atoms with E-state index in [1.54, 1.807) is 6.07 Å². The maximum atomic E-state index is 12.6. The van der Waals surface area contributed by atoms with E-state index in [0.717, 1.165) is 16.8 Å². The molecule has 0 fully saturated rings. The number of fused-ring (bicyclic) bond motifs is 1. The van der Waals surface area contributed by atoms with Gasteiger partial charge in [-0.3, -0.25) is 0 Å². The summed E-state index contributed by atoms with van der Waals surface area (Å²) in [4.78, 5) is 0.419. The summed E-state index contributed by atoms with van der Waals surface area (Å²) >= 11 is 0. The van der Waals surface area contributed by atoms with Crippen molar-refractivity contribution in [3.8, 4) is 0 Å². The van der Waals surface area contributed by atoms with Crippen LogP contribution in [0.5, 0.6) is 0 Å². The summed E-state index contributed by atoms with van der Waals surface area (Å²) in [7, 11) is -3.28. The second-order valence-electron chi connectivity index (χ2n) is 4.97. The average molecular weight is 268 g/mol. The van der Waals surface area contributed by atoms with E-state index in [4.69, 9.17) is 5.73 Å². The van der Waals surface area contributed by atoms with Gasteiger partial charge in [0.1, 0.15) is 0 Å². The van der Waals surface area contributed by atoms with E-state index in [2.05, 4.69) is 5.32 Å². The molecule has 0 saturated heterocycles. The fourth-order valence-electron chi connectivity index (χ4n) is 2.53. The number of sulfone groups is 1. The summed E-state index contributed by atoms with van der Waals surface area (Å²) < 4.78 is 25.1. The Morgan fingerprint density at radius 2 is 2.00 bits per heavy atom. The molecule has 0 aliphatic carbocycles. The smallest absolute Gasteiger partial charge is 0.185 e. The van der Waals surface area contributed by atoms with Gasteiger partial charge >= 0.3 is 0 Å². The van der Waals surface area contributed by atoms with Crippen LogP contribution in [-0.4, -0.2) is 26.3 Å². The first-order chi connectivity index (χ1) is 8.39. The first-order valence-electron chi connectivity index (χ1n) is 6.20. The molecule has 0 amide bonds. The number of rotatable bonds is 2. The molecule has 1 aromatic rings. The van der Waals surface area contributed by atoms with Gasteiger partial charge in [-0.2, -0.15) is 0 Å². The van der Waals surface area contributed by atoms with Crippen LogP contribution in [0, 0.1) is 13.8 Å². The van der Waals surface area contributed by atoms with Gasteiger partial charge in [0, 0.05) is 6.04 Å². The Labute approximate surface area is 108 Å². The van der Waals surface area contributed by atoms with Crippen LogP contribution in [0.15, 0.2) is 17.0 Å². The van der Waals surface area contributed by atoms with Gasteiger partial charge < -0.3 is 11.1 Å². The van der Waals surface area contributed by atoms with Gasteiger partial charge in [0.2, 0.25) is 0 Å². The number of nitrogens with one attached hydrogen (secondary N) is 1. The summed E-state index contributed by atoms with van der Waals surface area (Å²) in [6.07, 6.45) is 0.489. The van der Waals surface area contributed by atoms with Crippen molar-refractivity contribution in [3.05, 3.63) is 23.3 Å². The third kappa shape index (κ3) is 1.91. The highest BCUT2D eigenvalue weighted by molar-refractivity contribution is 7.92. The van der Waals surface area contributed by atoms with Gasteiger partial charge in [-0.05, 0) is 50.9 Å². The highest BCUT2D eigenvalue weighted by Crippen LogP contribution is 2.37. The number of nitrogens with two attached hydrogens (primary N) is 1. The van der Waals surface area contributed by atoms with E-state index in [-0.39, 0.29) is 6.04 Å². The summed E-state index contributed by atoms with van der Waals surface area (Å²) in [5.74, 6) is 0. The summed E-state index contributed by atoms with van der Waals surface area (Å²) in [6, 6.07) is 3.46. The van der Waals surface area contributed by atoms with Gasteiger partial charge in [-0.1, -0.05) is 6.07 Å². The van der Waals surface area contributed by atoms with E-state index in [1.807, 2.05) is 26.8 Å². The van der Waals surface area contributed by atoms with Crippen molar-refractivity contribution in [2.75, 3.05) is 11.9 Å². The average Bonchev–Trinajstić information content (AvgIpc) is 2.30. The molecular formula is C13H20N2O2S. The van der Waals surface area contributed by atoms with Crippen molar-refractivity contribution in [1.82, 2.24) is 0 Å². The molecule has 1 aromatic carbocycles. The van der Waals surface area contributed by atoms with Crippen molar-refractivity contribution in [2.45, 2.75) is 43.4 Å². The molecule has 2 unspecified atom stereocenters. The lowest BCUT2D eigenvalue weighted by molar-refractivity contribution is 0.548. The predicted octanol–water partition coefficient (Wildman–Crippen LogP) is 1.61. The van der Waals surface area contributed by atoms with Crippen LogP contribution in [0.25, 0.3) is 0 Å². The molecule has 5 heteroatoms. The molecule has 100 valence electrons. The third-order valence-electron chi connectivity index (χ3n) is 3.78. The Kier molecular flexibility index (Phi) is 3.38. The van der Waals surface area contributed by atoms with Crippen LogP contribution >= 0.6 is 0 Å². The molecule has 4 nitrogen and oxygen atoms in total. The van der Waals surface area contributed by atoms with E-state index >= 15 is 0 Å². The monoisotopic (exact) mass is 268 g/mol. The lowest BCUT2D eigenvalue weighted by Crippen LogP contribution is -2.43. The van der Waals surface area contributed by atoms with Crippen LogP contribution < -0.4 is 11.1 Å². The van der Waals surface area contributed by atoms with E-state index < -0.39 is 15.1 Å². The second-order valence-corrected chi connectivity index (χ2v) is 7.11. The Balaban J connectivity index is 2.62. The molecule has 0 saturated carbocycles. The number of hydrogen-bond acceptors (Lipinski definition) is 4. The number of hydrogen-bond donors (Lipinski definition) is 2. The van der Waals surface area contributed by atoms with Crippen molar-refractivity contribution >= 4 is 15.5 Å². The summed E-state index contributed by atoms with van der Waals surface area (Å²) in [5, 5.41) is 2.89. The lowest BCUT2D eigenvalue weighted by atomic mass is 10.1. The number of aryl methyl sites for hydroxylation is 1. The first kappa shape index (κ1) is 13.4. The number of anilines is 1. The SMILES string of the molecule is Cc1ccc2c(c1C)NC(C)C(CCN)S2(=O)=O. The molecular weight excluding hydrogens is 248 g/mol. The van der Waals surface area contributed by atoms with Crippen LogP contribution in [0.4, 0.5) is 5.69 Å². The molecule has 0 aromatic heterocycles. The largest absolute Gasteiger partial charge is 0.380 e. The molecule has 0 bridgehead atoms. The quantitative estimate of drug-likeness (QED) is 0.854. The van der Waals surface area contributed by atoms with E-state index in [1.165, 1.54) is 0 Å². The minimum atomic E-state index is -3.28. The zero-order valence-corrected chi connectivity index (χ0v) is 11.8. The molecule has 1 aliphatic heterocycles. The Bertz CT molecular complexity index is 567. The van der Waals surface area contributed by atoms with Crippen molar-refractivity contribution in [2.24, 2.45) is 5.73 Å². The van der Waals surface area contributed by atoms with E-state index in [0.29, 0.717) is 17.9 Å². The van der Waals surface area contributed by atoms with Crippen molar-refractivity contribution in [1.29, 1.82) is 0 Å². The zero-order chi connectivity index (χ0) is 13.5. The number of benzene rings is 1. The van der Waals surface area contributed by atoms with Crippen LogP contribution in [-0.2, 0) is 9.84 Å². The molecule has 0 radical (unpaired) electrons. The molecule has 1 heterocycles. The third-order valence-corrected chi connectivity index (χ3v) is 6.18. The maximum Gasteiger partial charge on any atom is 0.185 e. The van der Waals surface area contributed by atoms with Gasteiger partial charge in [-0.15, -0.1) is 0 Å².